The number of nitrogens with one attached hydrogen (secondary N) is 2. The van der Waals surface area contributed by atoms with Gasteiger partial charge in [-0.05, 0) is 54.2 Å². The van der Waals surface area contributed by atoms with Gasteiger partial charge in [0.2, 0.25) is 0 Å². The molecule has 4 rings (SSSR count). The predicted molar refractivity (Wildman–Crippen MR) is 147 cm³/mol. The molecule has 186 valence electrons. The molecule has 2 N–H and O–H groups in total. The molecular weight excluding hydrogens is 542 g/mol. The van der Waals surface area contributed by atoms with Crippen molar-refractivity contribution in [2.75, 3.05) is 38.2 Å². The average molecular weight is 568 g/mol. The molecular formula is C27H26BrN3O4S. The minimum absolute atomic E-state index is 0.0664. The molecule has 36 heavy (non-hydrogen) atoms. The standard InChI is InChI=1S/C27H26BrN3O4S/c28-21-9-10-24(35-14-11-19-5-2-1-3-6-19)23(18-21)25(32)30-27(36)29-22-8-4-7-20(17-22)26(33)31-12-15-34-16-13-31/h1-10,17-18H,11-16H2,(H2,29,30,32,36). The molecule has 3 aromatic carbocycles. The van der Waals surface area contributed by atoms with Crippen LogP contribution in [-0.4, -0.2) is 54.7 Å². The van der Waals surface area contributed by atoms with Gasteiger partial charge in [0, 0.05) is 35.2 Å². The predicted octanol–water partition coefficient (Wildman–Crippen LogP) is 4.67. The van der Waals surface area contributed by atoms with E-state index in [1.54, 1.807) is 41.3 Å². The lowest BCUT2D eigenvalue weighted by atomic mass is 10.1. The number of halogens is 1. The molecule has 1 aliphatic rings. The molecule has 0 aromatic heterocycles. The second-order valence-corrected chi connectivity index (χ2v) is 9.44. The molecule has 1 aliphatic heterocycles. The summed E-state index contributed by atoms with van der Waals surface area (Å²) in [6, 6.07) is 22.3. The Morgan fingerprint density at radius 2 is 1.78 bits per heavy atom. The van der Waals surface area contributed by atoms with Crippen LogP contribution in [0.2, 0.25) is 0 Å². The third-order valence-corrected chi connectivity index (χ3v) is 6.27. The van der Waals surface area contributed by atoms with Gasteiger partial charge in [-0.1, -0.05) is 52.3 Å². The lowest BCUT2D eigenvalue weighted by Gasteiger charge is -2.27. The number of benzene rings is 3. The largest absolute Gasteiger partial charge is 0.492 e. The minimum atomic E-state index is -0.399. The fraction of sp³-hybridized carbons (Fsp3) is 0.222. The summed E-state index contributed by atoms with van der Waals surface area (Å²) < 4.78 is 12.0. The normalized spacial score (nSPS) is 13.1. The monoisotopic (exact) mass is 567 g/mol. The van der Waals surface area contributed by atoms with Crippen LogP contribution < -0.4 is 15.4 Å². The lowest BCUT2D eigenvalue weighted by molar-refractivity contribution is 0.0303. The van der Waals surface area contributed by atoms with Gasteiger partial charge in [0.15, 0.2) is 5.11 Å². The first kappa shape index (κ1) is 25.8. The van der Waals surface area contributed by atoms with Crippen LogP contribution in [-0.2, 0) is 11.2 Å². The SMILES string of the molecule is O=C(NC(=S)Nc1cccc(C(=O)N2CCOCC2)c1)c1cc(Br)ccc1OCCc1ccccc1. The zero-order valence-electron chi connectivity index (χ0n) is 19.5. The number of hydrogen-bond donors (Lipinski definition) is 2. The number of carbonyl (C=O) groups is 2. The molecule has 9 heteroatoms. The molecule has 7 nitrogen and oxygen atoms in total. The van der Waals surface area contributed by atoms with Gasteiger partial charge in [0.1, 0.15) is 5.75 Å². The van der Waals surface area contributed by atoms with E-state index in [1.165, 1.54) is 0 Å². The van der Waals surface area contributed by atoms with Crippen molar-refractivity contribution in [3.8, 4) is 5.75 Å². The van der Waals surface area contributed by atoms with Crippen LogP contribution in [0.3, 0.4) is 0 Å². The summed E-state index contributed by atoms with van der Waals surface area (Å²) in [6.45, 7) is 2.62. The molecule has 0 spiro atoms. The molecule has 0 saturated carbocycles. The van der Waals surface area contributed by atoms with Gasteiger partial charge in [0.05, 0.1) is 25.4 Å². The summed E-state index contributed by atoms with van der Waals surface area (Å²) in [6.07, 6.45) is 0.720. The van der Waals surface area contributed by atoms with Crippen LogP contribution in [0.1, 0.15) is 26.3 Å². The summed E-state index contributed by atoms with van der Waals surface area (Å²) >= 11 is 8.78. The second kappa shape index (κ2) is 12.6. The maximum absolute atomic E-state index is 13.0. The molecule has 0 atom stereocenters. The Morgan fingerprint density at radius 3 is 2.56 bits per heavy atom. The van der Waals surface area contributed by atoms with Gasteiger partial charge < -0.3 is 19.7 Å². The summed E-state index contributed by atoms with van der Waals surface area (Å²) in [4.78, 5) is 27.5. The van der Waals surface area contributed by atoms with E-state index < -0.39 is 5.91 Å². The highest BCUT2D eigenvalue weighted by Gasteiger charge is 2.19. The summed E-state index contributed by atoms with van der Waals surface area (Å²) in [5.74, 6) is -0.0000666. The quantitative estimate of drug-likeness (QED) is 0.404. The van der Waals surface area contributed by atoms with E-state index >= 15 is 0 Å². The van der Waals surface area contributed by atoms with E-state index in [9.17, 15) is 9.59 Å². The van der Waals surface area contributed by atoms with Crippen LogP contribution in [0.15, 0.2) is 77.3 Å². The highest BCUT2D eigenvalue weighted by Crippen LogP contribution is 2.24. The second-order valence-electron chi connectivity index (χ2n) is 8.12. The van der Waals surface area contributed by atoms with Crippen molar-refractivity contribution >= 4 is 50.8 Å². The highest BCUT2D eigenvalue weighted by atomic mass is 79.9. The Hall–Kier alpha value is -3.27. The molecule has 1 fully saturated rings. The third kappa shape index (κ3) is 7.13. The van der Waals surface area contributed by atoms with Gasteiger partial charge in [-0.15, -0.1) is 0 Å². The van der Waals surface area contributed by atoms with Crippen LogP contribution in [0, 0.1) is 0 Å². The Morgan fingerprint density at radius 1 is 1.00 bits per heavy atom. The van der Waals surface area contributed by atoms with Gasteiger partial charge in [0.25, 0.3) is 11.8 Å². The van der Waals surface area contributed by atoms with E-state index in [0.717, 1.165) is 16.5 Å². The first-order chi connectivity index (χ1) is 17.5. The Labute approximate surface area is 223 Å². The molecule has 2 amide bonds. The number of rotatable bonds is 7. The number of hydrogen-bond acceptors (Lipinski definition) is 5. The van der Waals surface area contributed by atoms with Gasteiger partial charge in [-0.25, -0.2) is 0 Å². The van der Waals surface area contributed by atoms with Gasteiger partial charge in [-0.2, -0.15) is 0 Å². The van der Waals surface area contributed by atoms with E-state index in [4.69, 9.17) is 21.7 Å². The van der Waals surface area contributed by atoms with Crippen molar-refractivity contribution in [2.45, 2.75) is 6.42 Å². The van der Waals surface area contributed by atoms with Crippen LogP contribution in [0.25, 0.3) is 0 Å². The summed E-state index contributed by atoms with van der Waals surface area (Å²) in [7, 11) is 0. The fourth-order valence-corrected chi connectivity index (χ4v) is 4.31. The zero-order valence-corrected chi connectivity index (χ0v) is 21.9. The van der Waals surface area contributed by atoms with Crippen LogP contribution >= 0.6 is 28.1 Å². The van der Waals surface area contributed by atoms with Crippen molar-refractivity contribution in [1.82, 2.24) is 10.2 Å². The third-order valence-electron chi connectivity index (χ3n) is 5.57. The summed E-state index contributed by atoms with van der Waals surface area (Å²) in [5.41, 5.74) is 2.66. The van der Waals surface area contributed by atoms with Crippen molar-refractivity contribution in [2.24, 2.45) is 0 Å². The molecule has 0 unspecified atom stereocenters. The highest BCUT2D eigenvalue weighted by molar-refractivity contribution is 9.10. The molecule has 0 radical (unpaired) electrons. The first-order valence-corrected chi connectivity index (χ1v) is 12.8. The Balaban J connectivity index is 1.37. The number of thiocarbonyl (C=S) groups is 1. The van der Waals surface area contributed by atoms with Crippen molar-refractivity contribution < 1.29 is 19.1 Å². The van der Waals surface area contributed by atoms with E-state index in [1.807, 2.05) is 36.4 Å². The minimum Gasteiger partial charge on any atom is -0.492 e. The van der Waals surface area contributed by atoms with Crippen LogP contribution in [0.4, 0.5) is 5.69 Å². The van der Waals surface area contributed by atoms with Crippen molar-refractivity contribution in [1.29, 1.82) is 0 Å². The number of ether oxygens (including phenoxy) is 2. The maximum Gasteiger partial charge on any atom is 0.261 e. The zero-order chi connectivity index (χ0) is 25.3. The first-order valence-electron chi connectivity index (χ1n) is 11.6. The molecule has 0 bridgehead atoms. The number of amides is 2. The lowest BCUT2D eigenvalue weighted by Crippen LogP contribution is -2.40. The van der Waals surface area contributed by atoms with Gasteiger partial charge in [-0.3, -0.25) is 14.9 Å². The number of anilines is 1. The Kier molecular flexibility index (Phi) is 9.05. The van der Waals surface area contributed by atoms with Crippen molar-refractivity contribution in [3.05, 3.63) is 94.0 Å². The summed E-state index contributed by atoms with van der Waals surface area (Å²) in [5, 5.41) is 5.81. The average Bonchev–Trinajstić information content (AvgIpc) is 2.90. The molecule has 1 saturated heterocycles. The Bertz CT molecular complexity index is 1230. The molecule has 3 aromatic rings. The van der Waals surface area contributed by atoms with E-state index in [0.29, 0.717) is 55.5 Å². The smallest absolute Gasteiger partial charge is 0.261 e. The molecule has 1 heterocycles. The maximum atomic E-state index is 13.0. The fourth-order valence-electron chi connectivity index (χ4n) is 3.74. The van der Waals surface area contributed by atoms with E-state index in [-0.39, 0.29) is 11.0 Å². The number of morpholine rings is 1. The number of carbonyl (C=O) groups excluding carboxylic acids is 2. The number of nitrogens with zero attached hydrogens (tertiary/aromatic N) is 1. The topological polar surface area (TPSA) is 79.9 Å². The molecule has 0 aliphatic carbocycles. The van der Waals surface area contributed by atoms with Gasteiger partial charge >= 0.3 is 0 Å². The van der Waals surface area contributed by atoms with Crippen LogP contribution in [0.5, 0.6) is 5.75 Å². The van der Waals surface area contributed by atoms with E-state index in [2.05, 4.69) is 26.6 Å². The van der Waals surface area contributed by atoms with Crippen molar-refractivity contribution in [3.63, 3.8) is 0 Å².